The van der Waals surface area contributed by atoms with Gasteiger partial charge in [-0.15, -0.1) is 12.4 Å². The molecule has 6 rings (SSSR count). The fourth-order valence-corrected chi connectivity index (χ4v) is 10.6. The average Bonchev–Trinajstić information content (AvgIpc) is 3.95. The molecular formula is C53H80ClN9O7. The SMILES string of the molecule is CN[C@@H](C)C(=O)N[C@H]1CN(C(=O)CCCCCCCCCCC(=O)N2CC[C@H]3CC[C@@H](C(=O)NC(c4ccccc4)c4ccccc4)N3C(=O)[C@@H](NC(=O)[C@H](C)NC)C2)CC[C@H]2CC[C@@H](C)N2C1=O.Cl. The van der Waals surface area contributed by atoms with E-state index in [0.29, 0.717) is 45.2 Å². The smallest absolute Gasteiger partial charge is 0.247 e. The van der Waals surface area contributed by atoms with Crippen molar-refractivity contribution in [2.45, 2.75) is 178 Å². The molecule has 4 aliphatic rings. The van der Waals surface area contributed by atoms with E-state index in [-0.39, 0.29) is 85.0 Å². The maximum atomic E-state index is 14.5. The molecule has 386 valence electrons. The van der Waals surface area contributed by atoms with Gasteiger partial charge in [-0.3, -0.25) is 33.6 Å². The molecule has 8 atom stereocenters. The Hall–Kier alpha value is -5.06. The highest BCUT2D eigenvalue weighted by Gasteiger charge is 2.46. The van der Waals surface area contributed by atoms with E-state index >= 15 is 0 Å². The quantitative estimate of drug-likeness (QED) is 0.111. The van der Waals surface area contributed by atoms with Crippen LogP contribution in [0.2, 0.25) is 0 Å². The normalized spacial score (nSPS) is 23.5. The van der Waals surface area contributed by atoms with E-state index in [0.717, 1.165) is 81.8 Å². The number of nitrogens with zero attached hydrogens (tertiary/aromatic N) is 4. The zero-order chi connectivity index (χ0) is 49.5. The van der Waals surface area contributed by atoms with Gasteiger partial charge in [0, 0.05) is 57.1 Å². The van der Waals surface area contributed by atoms with Crippen molar-refractivity contribution >= 4 is 53.8 Å². The molecule has 4 fully saturated rings. The number of likely N-dealkylation sites (N-methyl/N-ethyl adjacent to an activating group) is 2. The first-order valence-electron chi connectivity index (χ1n) is 25.9. The van der Waals surface area contributed by atoms with Gasteiger partial charge in [0.1, 0.15) is 18.1 Å². The Balaban J connectivity index is 0.00000913. The summed E-state index contributed by atoms with van der Waals surface area (Å²) in [4.78, 5) is 103. The van der Waals surface area contributed by atoms with E-state index in [4.69, 9.17) is 0 Å². The summed E-state index contributed by atoms with van der Waals surface area (Å²) in [5, 5.41) is 15.0. The number of fused-ring (bicyclic) bond motifs is 2. The van der Waals surface area contributed by atoms with Gasteiger partial charge in [0.25, 0.3) is 0 Å². The zero-order valence-electron chi connectivity index (χ0n) is 42.2. The molecule has 16 nitrogen and oxygen atoms in total. The van der Waals surface area contributed by atoms with E-state index in [1.807, 2.05) is 65.6 Å². The van der Waals surface area contributed by atoms with E-state index in [1.54, 1.807) is 42.6 Å². The lowest BCUT2D eigenvalue weighted by molar-refractivity contribution is -0.147. The molecule has 0 saturated carbocycles. The van der Waals surface area contributed by atoms with Crippen LogP contribution in [0.15, 0.2) is 60.7 Å². The van der Waals surface area contributed by atoms with Crippen LogP contribution in [0.3, 0.4) is 0 Å². The van der Waals surface area contributed by atoms with Crippen molar-refractivity contribution in [1.82, 2.24) is 46.2 Å². The molecule has 4 heterocycles. The van der Waals surface area contributed by atoms with Gasteiger partial charge in [-0.2, -0.15) is 0 Å². The number of benzene rings is 2. The number of carbonyl (C=O) groups is 7. The van der Waals surface area contributed by atoms with Gasteiger partial charge in [-0.05, 0) is 97.4 Å². The molecule has 0 aliphatic carbocycles. The van der Waals surface area contributed by atoms with Gasteiger partial charge in [-0.1, -0.05) is 99.2 Å². The summed E-state index contributed by atoms with van der Waals surface area (Å²) < 4.78 is 0. The van der Waals surface area contributed by atoms with Gasteiger partial charge >= 0.3 is 0 Å². The van der Waals surface area contributed by atoms with Crippen LogP contribution in [-0.4, -0.2) is 150 Å². The van der Waals surface area contributed by atoms with Crippen molar-refractivity contribution in [2.75, 3.05) is 40.3 Å². The minimum atomic E-state index is -1.00. The molecule has 17 heteroatoms. The molecule has 4 aliphatic heterocycles. The van der Waals surface area contributed by atoms with Gasteiger partial charge in [0.05, 0.1) is 18.1 Å². The molecular weight excluding hydrogens is 910 g/mol. The summed E-state index contributed by atoms with van der Waals surface area (Å²) in [6.07, 6.45) is 12.4. The largest absolute Gasteiger partial charge is 0.343 e. The summed E-state index contributed by atoms with van der Waals surface area (Å²) in [5.74, 6) is -1.29. The molecule has 70 heavy (non-hydrogen) atoms. The number of nitrogens with one attached hydrogen (secondary N) is 5. The highest BCUT2D eigenvalue weighted by Crippen LogP contribution is 2.32. The van der Waals surface area contributed by atoms with Gasteiger partial charge in [0.2, 0.25) is 41.4 Å². The highest BCUT2D eigenvalue weighted by atomic mass is 35.5. The third-order valence-electron chi connectivity index (χ3n) is 15.0. The fourth-order valence-electron chi connectivity index (χ4n) is 10.6. The molecule has 0 aromatic heterocycles. The number of rotatable bonds is 21. The van der Waals surface area contributed by atoms with Crippen LogP contribution in [0, 0.1) is 0 Å². The molecule has 5 N–H and O–H groups in total. The monoisotopic (exact) mass is 990 g/mol. The van der Waals surface area contributed by atoms with Crippen LogP contribution in [0.5, 0.6) is 0 Å². The maximum Gasteiger partial charge on any atom is 0.247 e. The molecule has 4 saturated heterocycles. The Labute approximate surface area is 422 Å². The molecule has 0 unspecified atom stereocenters. The number of hydrogen-bond donors (Lipinski definition) is 5. The number of carbonyl (C=O) groups excluding carboxylic acids is 7. The summed E-state index contributed by atoms with van der Waals surface area (Å²) >= 11 is 0. The van der Waals surface area contributed by atoms with Crippen molar-refractivity contribution in [1.29, 1.82) is 0 Å². The van der Waals surface area contributed by atoms with Crippen LogP contribution >= 0.6 is 12.4 Å². The highest BCUT2D eigenvalue weighted by molar-refractivity contribution is 5.95. The van der Waals surface area contributed by atoms with Crippen molar-refractivity contribution in [3.8, 4) is 0 Å². The minimum Gasteiger partial charge on any atom is -0.343 e. The van der Waals surface area contributed by atoms with E-state index < -0.39 is 36.3 Å². The molecule has 2 aromatic rings. The van der Waals surface area contributed by atoms with Crippen LogP contribution < -0.4 is 26.6 Å². The Bertz CT molecular complexity index is 2010. The minimum absolute atomic E-state index is 0. The summed E-state index contributed by atoms with van der Waals surface area (Å²) in [6, 6.07) is 15.6. The molecule has 0 bridgehead atoms. The van der Waals surface area contributed by atoms with E-state index in [9.17, 15) is 33.6 Å². The van der Waals surface area contributed by atoms with Gasteiger partial charge in [0.15, 0.2) is 0 Å². The van der Waals surface area contributed by atoms with Gasteiger partial charge < -0.3 is 46.2 Å². The van der Waals surface area contributed by atoms with Crippen LogP contribution in [-0.2, 0) is 33.6 Å². The Morgan fingerprint density at radius 3 is 1.44 bits per heavy atom. The Kier molecular flexibility index (Phi) is 22.0. The van der Waals surface area contributed by atoms with Crippen LogP contribution in [0.1, 0.15) is 141 Å². The van der Waals surface area contributed by atoms with E-state index in [1.165, 1.54) is 0 Å². The maximum absolute atomic E-state index is 14.5. The second-order valence-electron chi connectivity index (χ2n) is 19.8. The third kappa shape index (κ3) is 14.8. The van der Waals surface area contributed by atoms with Crippen molar-refractivity contribution in [3.05, 3.63) is 71.8 Å². The Morgan fingerprint density at radius 1 is 0.571 bits per heavy atom. The standard InChI is InChI=1S/C53H79N9O7.ClH/c1-36-26-27-41-30-32-59(34-43(52(68)61(36)41)56-49(65)37(2)54-4)46(63)24-18-10-8-6-7-9-11-19-25-47(64)60-33-31-42-28-29-45(62(42)53(69)44(35-60)57-50(66)38(3)55-5)51(67)58-48(39-20-14-12-15-21-39)40-22-16-13-17-23-40;/h12-17,20-23,36-38,41-45,48,54-55H,6-11,18-19,24-35H2,1-5H3,(H,56,65)(H,57,66)(H,58,67);1H/t36-,37+,38+,41-,42-,43+,44+,45+;/m1./s1. The molecule has 2 aromatic carbocycles. The lowest BCUT2D eigenvalue weighted by atomic mass is 9.98. The molecule has 7 amide bonds. The third-order valence-corrected chi connectivity index (χ3v) is 15.0. The lowest BCUT2D eigenvalue weighted by Gasteiger charge is -2.39. The van der Waals surface area contributed by atoms with Crippen molar-refractivity contribution in [3.63, 3.8) is 0 Å². The predicted octanol–water partition coefficient (Wildman–Crippen LogP) is 4.60. The Morgan fingerprint density at radius 2 is 0.986 bits per heavy atom. The van der Waals surface area contributed by atoms with E-state index in [2.05, 4.69) is 33.5 Å². The molecule has 0 radical (unpaired) electrons. The van der Waals surface area contributed by atoms with Crippen molar-refractivity contribution in [2.24, 2.45) is 0 Å². The summed E-state index contributed by atoms with van der Waals surface area (Å²) in [6.45, 7) is 6.75. The zero-order valence-corrected chi connectivity index (χ0v) is 43.0. The fraction of sp³-hybridized carbons (Fsp3) is 0.642. The van der Waals surface area contributed by atoms with Crippen LogP contribution in [0.4, 0.5) is 0 Å². The average molecular weight is 991 g/mol. The first kappa shape index (κ1) is 55.9. The molecule has 0 spiro atoms. The van der Waals surface area contributed by atoms with Crippen LogP contribution in [0.25, 0.3) is 0 Å². The summed E-state index contributed by atoms with van der Waals surface area (Å²) in [5.41, 5.74) is 1.86. The first-order valence-corrected chi connectivity index (χ1v) is 25.9. The second-order valence-corrected chi connectivity index (χ2v) is 19.8. The lowest BCUT2D eigenvalue weighted by Crippen LogP contribution is -2.62. The predicted molar refractivity (Wildman–Crippen MR) is 273 cm³/mol. The van der Waals surface area contributed by atoms with Gasteiger partial charge in [-0.25, -0.2) is 0 Å². The number of unbranched alkanes of at least 4 members (excludes halogenated alkanes) is 7. The number of halogens is 1. The number of amides is 7. The number of hydrogen-bond acceptors (Lipinski definition) is 9. The van der Waals surface area contributed by atoms with Crippen molar-refractivity contribution < 1.29 is 33.6 Å². The summed E-state index contributed by atoms with van der Waals surface area (Å²) in [7, 11) is 3.38. The second kappa shape index (κ2) is 27.5. The first-order chi connectivity index (χ1) is 33.3. The topological polar surface area (TPSA) is 193 Å².